The molecule has 0 saturated heterocycles. The van der Waals surface area contributed by atoms with Gasteiger partial charge in [-0.15, -0.1) is 6.58 Å². The minimum Gasteiger partial charge on any atom is -0.394 e. The molecule has 1 unspecified atom stereocenters. The molecule has 0 radical (unpaired) electrons. The highest BCUT2D eigenvalue weighted by Crippen LogP contribution is 2.24. The number of likely N-dealkylation sites (N-methyl/N-ethyl adjacent to an activating group) is 1. The third-order valence-corrected chi connectivity index (χ3v) is 2.57. The highest BCUT2D eigenvalue weighted by molar-refractivity contribution is 5.25. The molecule has 2 nitrogen and oxygen atoms in total. The fraction of sp³-hybridized carbons (Fsp3) is 0.500. The number of hydrogen-bond donors (Lipinski definition) is 2. The van der Waals surface area contributed by atoms with Crippen LogP contribution in [0.1, 0.15) is 39.7 Å². The van der Waals surface area contributed by atoms with Gasteiger partial charge in [-0.2, -0.15) is 0 Å². The summed E-state index contributed by atoms with van der Waals surface area (Å²) in [4.78, 5) is 0. The predicted octanol–water partition coefficient (Wildman–Crippen LogP) is 3.72. The molecule has 1 rings (SSSR count). The number of rotatable bonds is 5. The van der Waals surface area contributed by atoms with Crippen LogP contribution in [0.2, 0.25) is 0 Å². The Balaban J connectivity index is 0. The largest absolute Gasteiger partial charge is 0.394 e. The maximum absolute atomic E-state index is 9.45. The Morgan fingerprint density at radius 3 is 2.00 bits per heavy atom. The van der Waals surface area contributed by atoms with E-state index in [-0.39, 0.29) is 12.1 Å². The lowest BCUT2D eigenvalue weighted by molar-refractivity contribution is 0.170. The molecule has 2 N–H and O–H groups in total. The number of aliphatic hydroxyl groups is 1. The Morgan fingerprint density at radius 2 is 1.67 bits per heavy atom. The van der Waals surface area contributed by atoms with Crippen molar-refractivity contribution in [3.8, 4) is 0 Å². The van der Waals surface area contributed by atoms with Gasteiger partial charge in [-0.25, -0.2) is 0 Å². The quantitative estimate of drug-likeness (QED) is 0.782. The van der Waals surface area contributed by atoms with Crippen molar-refractivity contribution in [3.63, 3.8) is 0 Å². The second-order valence-electron chi connectivity index (χ2n) is 3.35. The van der Waals surface area contributed by atoms with Crippen molar-refractivity contribution in [1.29, 1.82) is 0 Å². The van der Waals surface area contributed by atoms with Gasteiger partial charge in [0.05, 0.1) is 12.1 Å². The zero-order valence-corrected chi connectivity index (χ0v) is 12.5. The van der Waals surface area contributed by atoms with Gasteiger partial charge in [0, 0.05) is 0 Å². The van der Waals surface area contributed by atoms with Gasteiger partial charge in [0.25, 0.3) is 0 Å². The summed E-state index contributed by atoms with van der Waals surface area (Å²) in [5.41, 5.74) is 0.702. The van der Waals surface area contributed by atoms with Crippen molar-refractivity contribution in [2.75, 3.05) is 13.7 Å². The number of aliphatic hydroxyl groups excluding tert-OH is 1. The molecule has 1 atom stereocenters. The molecule has 2 heteroatoms. The first-order valence-electron chi connectivity index (χ1n) is 6.75. The average Bonchev–Trinajstić information content (AvgIpc) is 2.50. The Labute approximate surface area is 113 Å². The average molecular weight is 251 g/mol. The lowest BCUT2D eigenvalue weighted by atomic mass is 9.87. The van der Waals surface area contributed by atoms with E-state index in [9.17, 15) is 5.11 Å². The second-order valence-corrected chi connectivity index (χ2v) is 3.35. The van der Waals surface area contributed by atoms with Crippen molar-refractivity contribution in [1.82, 2.24) is 5.32 Å². The van der Waals surface area contributed by atoms with Crippen LogP contribution in [0.25, 0.3) is 0 Å². The molecule has 0 saturated carbocycles. The lowest BCUT2D eigenvalue weighted by Crippen LogP contribution is -2.43. The molecule has 0 aliphatic carbocycles. The van der Waals surface area contributed by atoms with Gasteiger partial charge in [0.15, 0.2) is 0 Å². The number of benzene rings is 1. The normalized spacial score (nSPS) is 12.1. The van der Waals surface area contributed by atoms with E-state index in [4.69, 9.17) is 0 Å². The van der Waals surface area contributed by atoms with Crippen molar-refractivity contribution < 1.29 is 5.11 Å². The molecule has 104 valence electrons. The number of hydrogen-bond acceptors (Lipinski definition) is 2. The predicted molar refractivity (Wildman–Crippen MR) is 81.8 cm³/mol. The second kappa shape index (κ2) is 12.3. The maximum Gasteiger partial charge on any atom is 0.0701 e. The van der Waals surface area contributed by atoms with Gasteiger partial charge < -0.3 is 10.4 Å². The highest BCUT2D eigenvalue weighted by Gasteiger charge is 2.27. The molecule has 0 heterocycles. The molecule has 0 aliphatic heterocycles. The summed E-state index contributed by atoms with van der Waals surface area (Å²) in [5.74, 6) is 0. The van der Waals surface area contributed by atoms with Crippen LogP contribution in [0.4, 0.5) is 0 Å². The van der Waals surface area contributed by atoms with E-state index < -0.39 is 0 Å². The van der Waals surface area contributed by atoms with Crippen LogP contribution in [0.5, 0.6) is 0 Å². The summed E-state index contributed by atoms with van der Waals surface area (Å²) in [6.07, 6.45) is 2.53. The fourth-order valence-corrected chi connectivity index (χ4v) is 1.60. The van der Waals surface area contributed by atoms with Crippen LogP contribution >= 0.6 is 0 Å². The van der Waals surface area contributed by atoms with E-state index in [1.54, 1.807) is 0 Å². The van der Waals surface area contributed by atoms with E-state index in [2.05, 4.69) is 11.9 Å². The molecule has 0 spiro atoms. The first kappa shape index (κ1) is 19.2. The summed E-state index contributed by atoms with van der Waals surface area (Å²) in [7, 11) is 1.85. The van der Waals surface area contributed by atoms with E-state index in [1.807, 2.05) is 71.2 Å². The van der Waals surface area contributed by atoms with Gasteiger partial charge in [0.2, 0.25) is 0 Å². The van der Waals surface area contributed by atoms with Crippen molar-refractivity contribution in [2.45, 2.75) is 39.7 Å². The van der Waals surface area contributed by atoms with E-state index in [1.165, 1.54) is 0 Å². The van der Waals surface area contributed by atoms with E-state index in [0.29, 0.717) is 6.42 Å². The summed E-state index contributed by atoms with van der Waals surface area (Å²) in [6.45, 7) is 11.8. The van der Waals surface area contributed by atoms with Crippen molar-refractivity contribution in [3.05, 3.63) is 48.6 Å². The molecule has 0 fully saturated rings. The summed E-state index contributed by atoms with van der Waals surface area (Å²) in [5, 5.41) is 12.6. The Morgan fingerprint density at radius 1 is 1.17 bits per heavy atom. The van der Waals surface area contributed by atoms with Gasteiger partial charge in [-0.05, 0) is 19.0 Å². The zero-order chi connectivity index (χ0) is 14.4. The van der Waals surface area contributed by atoms with Crippen LogP contribution < -0.4 is 5.32 Å². The van der Waals surface area contributed by atoms with Gasteiger partial charge in [-0.1, -0.05) is 64.1 Å². The minimum absolute atomic E-state index is 0.0690. The summed E-state index contributed by atoms with van der Waals surface area (Å²) in [6, 6.07) is 9.93. The third-order valence-electron chi connectivity index (χ3n) is 2.57. The minimum atomic E-state index is -0.386. The smallest absolute Gasteiger partial charge is 0.0701 e. The molecule has 1 aromatic carbocycles. The van der Waals surface area contributed by atoms with Crippen LogP contribution in [0.15, 0.2) is 43.0 Å². The third kappa shape index (κ3) is 5.48. The molecule has 0 amide bonds. The van der Waals surface area contributed by atoms with Gasteiger partial charge >= 0.3 is 0 Å². The maximum atomic E-state index is 9.45. The topological polar surface area (TPSA) is 32.3 Å². The lowest BCUT2D eigenvalue weighted by Gasteiger charge is -2.31. The van der Waals surface area contributed by atoms with Crippen LogP contribution in [0, 0.1) is 0 Å². The first-order valence-corrected chi connectivity index (χ1v) is 6.75. The fourth-order valence-electron chi connectivity index (χ4n) is 1.60. The number of nitrogens with one attached hydrogen (secondary N) is 1. The molecular weight excluding hydrogens is 222 g/mol. The van der Waals surface area contributed by atoms with Crippen LogP contribution in [-0.2, 0) is 5.54 Å². The molecule has 1 aromatic rings. The first-order chi connectivity index (χ1) is 8.79. The molecule has 18 heavy (non-hydrogen) atoms. The van der Waals surface area contributed by atoms with Gasteiger partial charge in [0.1, 0.15) is 0 Å². The van der Waals surface area contributed by atoms with Crippen LogP contribution in [-0.4, -0.2) is 18.8 Å². The van der Waals surface area contributed by atoms with E-state index in [0.717, 1.165) is 5.56 Å². The molecular formula is C16H29NO. The van der Waals surface area contributed by atoms with Crippen LogP contribution in [0.3, 0.4) is 0 Å². The van der Waals surface area contributed by atoms with Crippen molar-refractivity contribution in [2.24, 2.45) is 0 Å². The standard InChI is InChI=1S/C12H17NO.2C2H6/c1-3-9-12(10-14,13-2)11-7-5-4-6-8-11;2*1-2/h3-8,13-14H,1,9-10H2,2H3;2*1-2H3. The monoisotopic (exact) mass is 251 g/mol. The van der Waals surface area contributed by atoms with E-state index >= 15 is 0 Å². The Kier molecular flexibility index (Phi) is 13.2. The molecule has 0 aromatic heterocycles. The highest BCUT2D eigenvalue weighted by atomic mass is 16.3. The molecule has 0 bridgehead atoms. The Bertz CT molecular complexity index is 278. The SMILES string of the molecule is C=CCC(CO)(NC)c1ccccc1.CC.CC. The van der Waals surface area contributed by atoms with Crippen molar-refractivity contribution >= 4 is 0 Å². The molecule has 0 aliphatic rings. The Hall–Kier alpha value is -1.12. The summed E-state index contributed by atoms with van der Waals surface area (Å²) >= 11 is 0. The zero-order valence-electron chi connectivity index (χ0n) is 12.5. The summed E-state index contributed by atoms with van der Waals surface area (Å²) < 4.78 is 0. The van der Waals surface area contributed by atoms with Gasteiger partial charge in [-0.3, -0.25) is 0 Å².